The second-order valence-corrected chi connectivity index (χ2v) is 9.37. The van der Waals surface area contributed by atoms with Crippen molar-refractivity contribution in [1.82, 2.24) is 20.9 Å². The Morgan fingerprint density at radius 2 is 1.42 bits per heavy atom. The van der Waals surface area contributed by atoms with Gasteiger partial charge in [0.2, 0.25) is 5.91 Å². The Labute approximate surface area is 187 Å². The van der Waals surface area contributed by atoms with Crippen LogP contribution in [0.15, 0.2) is 24.3 Å². The molecule has 0 aliphatic carbocycles. The summed E-state index contributed by atoms with van der Waals surface area (Å²) in [5, 5.41) is 8.49. The van der Waals surface area contributed by atoms with Crippen LogP contribution in [0.2, 0.25) is 0 Å². The molecular formula is C24H40N4O3. The summed E-state index contributed by atoms with van der Waals surface area (Å²) in [6.07, 6.45) is 4.40. The molecule has 1 aromatic rings. The number of rotatable bonds is 13. The smallest absolute Gasteiger partial charge is 0.251 e. The first-order valence-electron chi connectivity index (χ1n) is 11.2. The molecule has 174 valence electrons. The summed E-state index contributed by atoms with van der Waals surface area (Å²) in [6, 6.07) is 6.68. The minimum atomic E-state index is -0.262. The highest BCUT2D eigenvalue weighted by atomic mass is 16.2. The van der Waals surface area contributed by atoms with Crippen molar-refractivity contribution in [2.75, 3.05) is 40.3 Å². The third-order valence-corrected chi connectivity index (χ3v) is 4.77. The summed E-state index contributed by atoms with van der Waals surface area (Å²) in [7, 11) is 3.94. The van der Waals surface area contributed by atoms with E-state index in [4.69, 9.17) is 0 Å². The SMILES string of the molecule is CN(C)CCCC(=O)NCCNC(=O)c1cccc(C(=O)NCCCCC(C)(C)C)c1. The molecule has 0 aromatic heterocycles. The zero-order valence-corrected chi connectivity index (χ0v) is 19.8. The van der Waals surface area contributed by atoms with Gasteiger partial charge in [-0.3, -0.25) is 14.4 Å². The van der Waals surface area contributed by atoms with E-state index in [1.165, 1.54) is 0 Å². The largest absolute Gasteiger partial charge is 0.354 e. The van der Waals surface area contributed by atoms with E-state index in [2.05, 4.69) is 36.7 Å². The first-order chi connectivity index (χ1) is 14.6. The molecule has 0 unspecified atom stereocenters. The molecule has 0 aliphatic rings. The average molecular weight is 433 g/mol. The topological polar surface area (TPSA) is 90.5 Å². The number of nitrogens with one attached hydrogen (secondary N) is 3. The van der Waals surface area contributed by atoms with Gasteiger partial charge in [0.25, 0.3) is 11.8 Å². The predicted molar refractivity (Wildman–Crippen MR) is 125 cm³/mol. The zero-order chi connectivity index (χ0) is 23.3. The number of benzene rings is 1. The van der Waals surface area contributed by atoms with E-state index >= 15 is 0 Å². The van der Waals surface area contributed by atoms with Crippen LogP contribution in [-0.2, 0) is 4.79 Å². The van der Waals surface area contributed by atoms with Gasteiger partial charge in [-0.05, 0) is 63.5 Å². The molecule has 1 rings (SSSR count). The van der Waals surface area contributed by atoms with Crippen molar-refractivity contribution >= 4 is 17.7 Å². The Bertz CT molecular complexity index is 711. The van der Waals surface area contributed by atoms with Gasteiger partial charge in [-0.25, -0.2) is 0 Å². The van der Waals surface area contributed by atoms with Crippen molar-refractivity contribution in [3.8, 4) is 0 Å². The molecule has 0 saturated carbocycles. The van der Waals surface area contributed by atoms with Crippen LogP contribution >= 0.6 is 0 Å². The fourth-order valence-electron chi connectivity index (χ4n) is 3.01. The van der Waals surface area contributed by atoms with Gasteiger partial charge in [-0.1, -0.05) is 33.3 Å². The normalized spacial score (nSPS) is 11.3. The Hall–Kier alpha value is -2.41. The van der Waals surface area contributed by atoms with E-state index in [-0.39, 0.29) is 17.7 Å². The molecule has 0 aliphatic heterocycles. The van der Waals surface area contributed by atoms with E-state index in [9.17, 15) is 14.4 Å². The number of unbranched alkanes of at least 4 members (excludes halogenated alkanes) is 1. The molecule has 0 bridgehead atoms. The maximum absolute atomic E-state index is 12.3. The van der Waals surface area contributed by atoms with E-state index in [0.717, 1.165) is 32.2 Å². The number of carbonyl (C=O) groups is 3. The lowest BCUT2D eigenvalue weighted by Crippen LogP contribution is -2.35. The van der Waals surface area contributed by atoms with Gasteiger partial charge in [0.1, 0.15) is 0 Å². The van der Waals surface area contributed by atoms with Crippen LogP contribution in [0.5, 0.6) is 0 Å². The first-order valence-corrected chi connectivity index (χ1v) is 11.2. The van der Waals surface area contributed by atoms with Crippen LogP contribution in [0.1, 0.15) is 73.6 Å². The van der Waals surface area contributed by atoms with E-state index in [1.54, 1.807) is 24.3 Å². The zero-order valence-electron chi connectivity index (χ0n) is 19.8. The molecule has 7 nitrogen and oxygen atoms in total. The van der Waals surface area contributed by atoms with Crippen molar-refractivity contribution in [2.24, 2.45) is 5.41 Å². The van der Waals surface area contributed by atoms with Crippen molar-refractivity contribution in [3.63, 3.8) is 0 Å². The molecule has 1 aromatic carbocycles. The van der Waals surface area contributed by atoms with Crippen molar-refractivity contribution < 1.29 is 14.4 Å². The second kappa shape index (κ2) is 13.8. The van der Waals surface area contributed by atoms with Crippen LogP contribution in [0.4, 0.5) is 0 Å². The number of carbonyl (C=O) groups excluding carboxylic acids is 3. The van der Waals surface area contributed by atoms with Crippen LogP contribution < -0.4 is 16.0 Å². The Morgan fingerprint density at radius 1 is 0.839 bits per heavy atom. The molecule has 3 amide bonds. The van der Waals surface area contributed by atoms with E-state index in [1.807, 2.05) is 19.0 Å². The summed E-state index contributed by atoms with van der Waals surface area (Å²) >= 11 is 0. The van der Waals surface area contributed by atoms with Gasteiger partial charge < -0.3 is 20.9 Å². The Morgan fingerprint density at radius 3 is 2.00 bits per heavy atom. The average Bonchev–Trinajstić information content (AvgIpc) is 2.69. The summed E-state index contributed by atoms with van der Waals surface area (Å²) in [6.45, 7) is 8.84. The van der Waals surface area contributed by atoms with Gasteiger partial charge in [-0.15, -0.1) is 0 Å². The van der Waals surface area contributed by atoms with Crippen molar-refractivity contribution in [3.05, 3.63) is 35.4 Å². The quantitative estimate of drug-likeness (QED) is 0.418. The summed E-state index contributed by atoms with van der Waals surface area (Å²) in [5.74, 6) is -0.450. The molecule has 0 saturated heterocycles. The third-order valence-electron chi connectivity index (χ3n) is 4.77. The van der Waals surface area contributed by atoms with Crippen LogP contribution in [0.25, 0.3) is 0 Å². The van der Waals surface area contributed by atoms with Crippen LogP contribution in [0, 0.1) is 5.41 Å². The maximum Gasteiger partial charge on any atom is 0.251 e. The highest BCUT2D eigenvalue weighted by Gasteiger charge is 2.12. The lowest BCUT2D eigenvalue weighted by Gasteiger charge is -2.17. The molecule has 31 heavy (non-hydrogen) atoms. The predicted octanol–water partition coefficient (Wildman–Crippen LogP) is 2.82. The monoisotopic (exact) mass is 432 g/mol. The maximum atomic E-state index is 12.3. The molecule has 0 atom stereocenters. The fraction of sp³-hybridized carbons (Fsp3) is 0.625. The third kappa shape index (κ3) is 12.8. The van der Waals surface area contributed by atoms with E-state index in [0.29, 0.717) is 42.6 Å². The minimum Gasteiger partial charge on any atom is -0.354 e. The number of hydrogen-bond acceptors (Lipinski definition) is 4. The molecular weight excluding hydrogens is 392 g/mol. The molecule has 0 spiro atoms. The lowest BCUT2D eigenvalue weighted by molar-refractivity contribution is -0.121. The molecule has 7 heteroatoms. The lowest BCUT2D eigenvalue weighted by atomic mass is 9.90. The van der Waals surface area contributed by atoms with Crippen LogP contribution in [-0.4, -0.2) is 62.9 Å². The molecule has 0 fully saturated rings. The highest BCUT2D eigenvalue weighted by Crippen LogP contribution is 2.21. The van der Waals surface area contributed by atoms with Gasteiger partial charge in [0, 0.05) is 37.2 Å². The van der Waals surface area contributed by atoms with Gasteiger partial charge >= 0.3 is 0 Å². The Balaban J connectivity index is 2.33. The highest BCUT2D eigenvalue weighted by molar-refractivity contribution is 5.99. The number of hydrogen-bond donors (Lipinski definition) is 3. The van der Waals surface area contributed by atoms with Crippen molar-refractivity contribution in [2.45, 2.75) is 52.9 Å². The second-order valence-electron chi connectivity index (χ2n) is 9.37. The minimum absolute atomic E-state index is 0.0164. The Kier molecular flexibility index (Phi) is 11.9. The van der Waals surface area contributed by atoms with Gasteiger partial charge in [0.15, 0.2) is 0 Å². The first kappa shape index (κ1) is 26.6. The summed E-state index contributed by atoms with van der Waals surface area (Å²) < 4.78 is 0. The standard InChI is InChI=1S/C24H40N4O3/c1-24(2,3)13-6-7-14-26-22(30)19-10-8-11-20(18-19)23(31)27-16-15-25-21(29)12-9-17-28(4)5/h8,10-11,18H,6-7,9,12-17H2,1-5H3,(H,25,29)(H,26,30)(H,27,31). The molecule has 3 N–H and O–H groups in total. The summed E-state index contributed by atoms with van der Waals surface area (Å²) in [4.78, 5) is 38.5. The van der Waals surface area contributed by atoms with Crippen LogP contribution in [0.3, 0.4) is 0 Å². The molecule has 0 heterocycles. The molecule has 0 radical (unpaired) electrons. The number of amides is 3. The van der Waals surface area contributed by atoms with Crippen molar-refractivity contribution in [1.29, 1.82) is 0 Å². The number of nitrogens with zero attached hydrogens (tertiary/aromatic N) is 1. The fourth-order valence-corrected chi connectivity index (χ4v) is 3.01. The summed E-state index contributed by atoms with van der Waals surface area (Å²) in [5.41, 5.74) is 1.20. The van der Waals surface area contributed by atoms with Gasteiger partial charge in [-0.2, -0.15) is 0 Å². The van der Waals surface area contributed by atoms with E-state index < -0.39 is 0 Å². The van der Waals surface area contributed by atoms with Gasteiger partial charge in [0.05, 0.1) is 0 Å².